The van der Waals surface area contributed by atoms with Crippen molar-refractivity contribution in [3.8, 4) is 5.75 Å². The fraction of sp³-hybridized carbons (Fsp3) is 0.467. The van der Waals surface area contributed by atoms with Gasteiger partial charge in [-0.1, -0.05) is 25.1 Å². The maximum Gasteiger partial charge on any atom is 0.328 e. The van der Waals surface area contributed by atoms with Gasteiger partial charge in [-0.2, -0.15) is 0 Å². The predicted octanol–water partition coefficient (Wildman–Crippen LogP) is 2.17. The van der Waals surface area contributed by atoms with Gasteiger partial charge in [-0.15, -0.1) is 0 Å². The van der Waals surface area contributed by atoms with Gasteiger partial charge in [0.05, 0.1) is 7.11 Å². The lowest BCUT2D eigenvalue weighted by Crippen LogP contribution is -2.49. The molecule has 1 aromatic carbocycles. The van der Waals surface area contributed by atoms with Crippen molar-refractivity contribution >= 4 is 11.9 Å². The number of methoxy groups -OCH3 is 1. The van der Waals surface area contributed by atoms with Gasteiger partial charge in [-0.25, -0.2) is 4.79 Å². The molecule has 0 aliphatic carbocycles. The first-order chi connectivity index (χ1) is 9.27. The maximum atomic E-state index is 11.9. The number of nitrogens with one attached hydrogen (secondary N) is 1. The van der Waals surface area contributed by atoms with Crippen LogP contribution in [-0.4, -0.2) is 29.6 Å². The van der Waals surface area contributed by atoms with E-state index < -0.39 is 11.5 Å². The fourth-order valence-electron chi connectivity index (χ4n) is 1.91. The number of carbonyl (C=O) groups is 2. The molecule has 0 fully saturated rings. The van der Waals surface area contributed by atoms with Crippen molar-refractivity contribution in [3.63, 3.8) is 0 Å². The molecule has 1 unspecified atom stereocenters. The zero-order valence-corrected chi connectivity index (χ0v) is 12.3. The van der Waals surface area contributed by atoms with Gasteiger partial charge in [0.15, 0.2) is 0 Å². The highest BCUT2D eigenvalue weighted by Crippen LogP contribution is 2.28. The summed E-state index contributed by atoms with van der Waals surface area (Å²) in [6, 6.07) is 7.49. The molecule has 0 saturated carbocycles. The van der Waals surface area contributed by atoms with Crippen molar-refractivity contribution in [1.82, 2.24) is 5.32 Å². The number of hydrogen-bond acceptors (Lipinski definition) is 3. The normalized spacial score (nSPS) is 12.6. The fourth-order valence-corrected chi connectivity index (χ4v) is 1.91. The van der Waals surface area contributed by atoms with Crippen molar-refractivity contribution in [3.05, 3.63) is 29.8 Å². The molecule has 0 bridgehead atoms. The molecule has 20 heavy (non-hydrogen) atoms. The summed E-state index contributed by atoms with van der Waals surface area (Å²) in [5.41, 5.74) is -0.337. The summed E-state index contributed by atoms with van der Waals surface area (Å²) < 4.78 is 5.26. The average molecular weight is 279 g/mol. The van der Waals surface area contributed by atoms with E-state index in [9.17, 15) is 9.59 Å². The van der Waals surface area contributed by atoms with E-state index in [0.717, 1.165) is 11.3 Å². The van der Waals surface area contributed by atoms with Gasteiger partial charge in [0.2, 0.25) is 5.91 Å². The minimum Gasteiger partial charge on any atom is -0.496 e. The van der Waals surface area contributed by atoms with E-state index in [1.807, 2.05) is 31.2 Å². The predicted molar refractivity (Wildman–Crippen MR) is 75.9 cm³/mol. The topological polar surface area (TPSA) is 75.6 Å². The quantitative estimate of drug-likeness (QED) is 0.836. The van der Waals surface area contributed by atoms with Crippen LogP contribution in [0.3, 0.4) is 0 Å². The van der Waals surface area contributed by atoms with Crippen LogP contribution in [0.25, 0.3) is 0 Å². The summed E-state index contributed by atoms with van der Waals surface area (Å²) in [4.78, 5) is 22.9. The number of benzene rings is 1. The van der Waals surface area contributed by atoms with Crippen LogP contribution in [0.2, 0.25) is 0 Å². The van der Waals surface area contributed by atoms with Gasteiger partial charge < -0.3 is 15.2 Å². The molecule has 110 valence electrons. The highest BCUT2D eigenvalue weighted by atomic mass is 16.5. The third-order valence-corrected chi connectivity index (χ3v) is 3.15. The van der Waals surface area contributed by atoms with Gasteiger partial charge in [0, 0.05) is 6.42 Å². The van der Waals surface area contributed by atoms with E-state index in [-0.39, 0.29) is 18.2 Å². The monoisotopic (exact) mass is 279 g/mol. The number of ether oxygens (including phenoxy) is 1. The van der Waals surface area contributed by atoms with Gasteiger partial charge >= 0.3 is 5.97 Å². The number of carbonyl (C=O) groups excluding carboxylic acids is 1. The van der Waals surface area contributed by atoms with E-state index in [4.69, 9.17) is 9.84 Å². The molecule has 1 amide bonds. The lowest BCUT2D eigenvalue weighted by atomic mass is 9.95. The van der Waals surface area contributed by atoms with Crippen LogP contribution in [0.15, 0.2) is 24.3 Å². The first-order valence-electron chi connectivity index (χ1n) is 6.45. The number of carboxylic acid groups (broad SMARTS) is 1. The lowest BCUT2D eigenvalue weighted by molar-refractivity contribution is -0.146. The number of amides is 1. The summed E-state index contributed by atoms with van der Waals surface area (Å²) in [7, 11) is 1.58. The smallest absolute Gasteiger partial charge is 0.328 e. The number of carboxylic acids is 1. The molecule has 0 aliphatic heterocycles. The molecule has 0 saturated heterocycles. The van der Waals surface area contributed by atoms with E-state index in [2.05, 4.69) is 5.32 Å². The summed E-state index contributed by atoms with van der Waals surface area (Å²) in [6.45, 7) is 4.83. The first-order valence-corrected chi connectivity index (χ1v) is 6.45. The first kappa shape index (κ1) is 16.0. The van der Waals surface area contributed by atoms with Gasteiger partial charge in [-0.3, -0.25) is 4.79 Å². The minimum absolute atomic E-state index is 0.0595. The maximum absolute atomic E-state index is 11.9. The highest BCUT2D eigenvalue weighted by Gasteiger charge is 2.29. The van der Waals surface area contributed by atoms with E-state index >= 15 is 0 Å². The van der Waals surface area contributed by atoms with E-state index in [0.29, 0.717) is 0 Å². The van der Waals surface area contributed by atoms with Crippen LogP contribution in [0.4, 0.5) is 0 Å². The molecule has 0 aliphatic rings. The Morgan fingerprint density at radius 1 is 1.35 bits per heavy atom. The summed E-state index contributed by atoms with van der Waals surface area (Å²) in [5.74, 6) is -0.687. The largest absolute Gasteiger partial charge is 0.496 e. The minimum atomic E-state index is -1.27. The Labute approximate surface area is 118 Å². The molecule has 0 radical (unpaired) electrons. The summed E-state index contributed by atoms with van der Waals surface area (Å²) in [6.07, 6.45) is 0.205. The van der Waals surface area contributed by atoms with Gasteiger partial charge in [0.1, 0.15) is 11.3 Å². The van der Waals surface area contributed by atoms with Gasteiger partial charge in [-0.05, 0) is 31.4 Å². The zero-order chi connectivity index (χ0) is 15.3. The van der Waals surface area contributed by atoms with Crippen LogP contribution >= 0.6 is 0 Å². The number of para-hydroxylation sites is 1. The lowest BCUT2D eigenvalue weighted by Gasteiger charge is -2.22. The van der Waals surface area contributed by atoms with Crippen LogP contribution < -0.4 is 10.1 Å². The number of rotatable bonds is 6. The van der Waals surface area contributed by atoms with Gasteiger partial charge in [0.25, 0.3) is 0 Å². The second kappa shape index (κ2) is 6.41. The Morgan fingerprint density at radius 2 is 1.95 bits per heavy atom. The zero-order valence-electron chi connectivity index (χ0n) is 12.3. The molecule has 0 aromatic heterocycles. The van der Waals surface area contributed by atoms with E-state index in [1.54, 1.807) is 7.11 Å². The molecular formula is C15H21NO4. The standard InChI is InChI=1S/C15H21NO4/c1-10(11-7-5-6-8-12(11)20-4)9-13(17)16-15(2,3)14(18)19/h5-8,10H,9H2,1-4H3,(H,16,17)(H,18,19). The Bertz CT molecular complexity index is 496. The third kappa shape index (κ3) is 3.98. The molecule has 2 N–H and O–H groups in total. The van der Waals surface area contributed by atoms with Crippen molar-refractivity contribution in [1.29, 1.82) is 0 Å². The average Bonchev–Trinajstić information content (AvgIpc) is 2.37. The SMILES string of the molecule is COc1ccccc1C(C)CC(=O)NC(C)(C)C(=O)O. The van der Waals surface area contributed by atoms with Crippen LogP contribution in [0, 0.1) is 0 Å². The van der Waals surface area contributed by atoms with Crippen LogP contribution in [0.1, 0.15) is 38.7 Å². The highest BCUT2D eigenvalue weighted by molar-refractivity contribution is 5.86. The second-order valence-electron chi connectivity index (χ2n) is 5.33. The number of aliphatic carboxylic acids is 1. The van der Waals surface area contributed by atoms with E-state index in [1.165, 1.54) is 13.8 Å². The molecular weight excluding hydrogens is 258 g/mol. The molecule has 5 nitrogen and oxygen atoms in total. The van der Waals surface area contributed by atoms with Crippen LogP contribution in [-0.2, 0) is 9.59 Å². The Balaban J connectivity index is 2.73. The summed E-state index contributed by atoms with van der Waals surface area (Å²) >= 11 is 0. The Hall–Kier alpha value is -2.04. The molecule has 5 heteroatoms. The second-order valence-corrected chi connectivity index (χ2v) is 5.33. The Kier molecular flexibility index (Phi) is 5.13. The molecule has 1 aromatic rings. The molecule has 1 rings (SSSR count). The number of hydrogen-bond donors (Lipinski definition) is 2. The molecule has 1 atom stereocenters. The van der Waals surface area contributed by atoms with Crippen molar-refractivity contribution in [2.45, 2.75) is 38.6 Å². The van der Waals surface area contributed by atoms with Crippen molar-refractivity contribution < 1.29 is 19.4 Å². The van der Waals surface area contributed by atoms with Crippen molar-refractivity contribution in [2.75, 3.05) is 7.11 Å². The van der Waals surface area contributed by atoms with Crippen LogP contribution in [0.5, 0.6) is 5.75 Å². The Morgan fingerprint density at radius 3 is 2.50 bits per heavy atom. The summed E-state index contributed by atoms with van der Waals surface area (Å²) in [5, 5.41) is 11.5. The molecule has 0 heterocycles. The van der Waals surface area contributed by atoms with Crippen molar-refractivity contribution in [2.24, 2.45) is 0 Å². The molecule has 0 spiro atoms. The third-order valence-electron chi connectivity index (χ3n) is 3.15.